The molecule has 0 saturated heterocycles. The van der Waals surface area contributed by atoms with Crippen LogP contribution in [0, 0.1) is 13.8 Å². The Kier molecular flexibility index (Phi) is 3.78. The minimum atomic E-state index is 1.37. The van der Waals surface area contributed by atoms with E-state index in [2.05, 4.69) is 62.4 Å². The zero-order valence-corrected chi connectivity index (χ0v) is 15.5. The number of thiophene rings is 4. The first-order valence-corrected chi connectivity index (χ1v) is 10.3. The van der Waals surface area contributed by atoms with Crippen LogP contribution < -0.4 is 0 Å². The van der Waals surface area contributed by atoms with Crippen LogP contribution in [0.3, 0.4) is 0 Å². The van der Waals surface area contributed by atoms with Gasteiger partial charge >= 0.3 is 0 Å². The lowest BCUT2D eigenvalue weighted by Gasteiger charge is -1.91. The van der Waals surface area contributed by atoms with Crippen molar-refractivity contribution in [1.82, 2.24) is 0 Å². The second-order valence-electron chi connectivity index (χ2n) is 5.15. The standard InChI is InChI=1S/C18H14S4/c1-11-3-5-13(19-11)15-7-9-17(21-15)18-10-8-16(22-18)14-6-4-12(2)20-14/h3-10H,1-2H3. The monoisotopic (exact) mass is 358 g/mol. The average molecular weight is 359 g/mol. The Morgan fingerprint density at radius 3 is 0.955 bits per heavy atom. The van der Waals surface area contributed by atoms with Crippen molar-refractivity contribution >= 4 is 45.3 Å². The average Bonchev–Trinajstić information content (AvgIpc) is 3.24. The Hall–Kier alpha value is -1.20. The lowest BCUT2D eigenvalue weighted by molar-refractivity contribution is 1.64. The third kappa shape index (κ3) is 2.72. The number of hydrogen-bond acceptors (Lipinski definition) is 4. The molecule has 4 aromatic rings. The Bertz CT molecular complexity index is 840. The van der Waals surface area contributed by atoms with Gasteiger partial charge in [0.2, 0.25) is 0 Å². The van der Waals surface area contributed by atoms with Crippen LogP contribution in [0.2, 0.25) is 0 Å². The van der Waals surface area contributed by atoms with E-state index in [1.165, 1.54) is 39.0 Å². The van der Waals surface area contributed by atoms with Crippen molar-refractivity contribution in [1.29, 1.82) is 0 Å². The summed E-state index contributed by atoms with van der Waals surface area (Å²) in [5, 5.41) is 0. The number of aryl methyl sites for hydroxylation is 2. The third-order valence-corrected chi connectivity index (χ3v) is 8.18. The van der Waals surface area contributed by atoms with Crippen molar-refractivity contribution in [2.45, 2.75) is 13.8 Å². The molecule has 4 heteroatoms. The molecule has 0 aliphatic carbocycles. The van der Waals surface area contributed by atoms with Gasteiger partial charge in [-0.05, 0) is 62.4 Å². The number of rotatable bonds is 3. The maximum absolute atomic E-state index is 2.25. The first-order chi connectivity index (χ1) is 10.7. The van der Waals surface area contributed by atoms with Crippen molar-refractivity contribution in [3.05, 3.63) is 58.3 Å². The molecule has 4 aromatic heterocycles. The van der Waals surface area contributed by atoms with Crippen molar-refractivity contribution in [2.24, 2.45) is 0 Å². The molecular formula is C18H14S4. The fourth-order valence-corrected chi connectivity index (χ4v) is 6.36. The predicted molar refractivity (Wildman–Crippen MR) is 104 cm³/mol. The molecule has 4 heterocycles. The zero-order valence-electron chi connectivity index (χ0n) is 12.3. The quantitative estimate of drug-likeness (QED) is 0.354. The van der Waals surface area contributed by atoms with Gasteiger partial charge in [-0.2, -0.15) is 0 Å². The van der Waals surface area contributed by atoms with Crippen LogP contribution in [0.15, 0.2) is 48.5 Å². The molecule has 0 amide bonds. The molecule has 0 aromatic carbocycles. The predicted octanol–water partition coefficient (Wildman–Crippen LogP) is 7.55. The lowest BCUT2D eigenvalue weighted by Crippen LogP contribution is -1.58. The highest BCUT2D eigenvalue weighted by molar-refractivity contribution is 7.28. The molecule has 0 N–H and O–H groups in total. The zero-order chi connectivity index (χ0) is 15.1. The highest BCUT2D eigenvalue weighted by atomic mass is 32.1. The van der Waals surface area contributed by atoms with Gasteiger partial charge in [0.1, 0.15) is 0 Å². The molecule has 0 aliphatic heterocycles. The summed E-state index contributed by atoms with van der Waals surface area (Å²) in [5.74, 6) is 0. The Balaban J connectivity index is 1.65. The molecule has 0 spiro atoms. The fourth-order valence-electron chi connectivity index (χ4n) is 2.34. The van der Waals surface area contributed by atoms with E-state index in [0.717, 1.165) is 0 Å². The van der Waals surface area contributed by atoms with Gasteiger partial charge in [-0.1, -0.05) is 0 Å². The van der Waals surface area contributed by atoms with E-state index in [1.807, 2.05) is 45.3 Å². The van der Waals surface area contributed by atoms with Crippen molar-refractivity contribution in [3.63, 3.8) is 0 Å². The van der Waals surface area contributed by atoms with Crippen LogP contribution >= 0.6 is 45.3 Å². The maximum atomic E-state index is 2.25. The Labute approximate surface area is 146 Å². The second-order valence-corrected chi connectivity index (χ2v) is 9.89. The molecule has 0 nitrogen and oxygen atoms in total. The summed E-state index contributed by atoms with van der Waals surface area (Å²) in [5.41, 5.74) is 0. The van der Waals surface area contributed by atoms with E-state index in [1.54, 1.807) is 0 Å². The van der Waals surface area contributed by atoms with Gasteiger partial charge in [0, 0.05) is 39.0 Å². The van der Waals surface area contributed by atoms with Crippen LogP contribution in [-0.4, -0.2) is 0 Å². The third-order valence-electron chi connectivity index (χ3n) is 3.42. The topological polar surface area (TPSA) is 0 Å². The minimum Gasteiger partial charge on any atom is -0.140 e. The highest BCUT2D eigenvalue weighted by Crippen LogP contribution is 2.42. The van der Waals surface area contributed by atoms with Gasteiger partial charge in [0.05, 0.1) is 0 Å². The molecule has 0 saturated carbocycles. The van der Waals surface area contributed by atoms with Gasteiger partial charge in [0.25, 0.3) is 0 Å². The normalized spacial score (nSPS) is 11.2. The molecule has 0 bridgehead atoms. The maximum Gasteiger partial charge on any atom is 0.0449 e. The summed E-state index contributed by atoms with van der Waals surface area (Å²) < 4.78 is 0. The Morgan fingerprint density at radius 2 is 0.682 bits per heavy atom. The van der Waals surface area contributed by atoms with Gasteiger partial charge < -0.3 is 0 Å². The van der Waals surface area contributed by atoms with Crippen LogP contribution in [0.1, 0.15) is 9.75 Å². The Morgan fingerprint density at radius 1 is 0.409 bits per heavy atom. The van der Waals surface area contributed by atoms with E-state index >= 15 is 0 Å². The van der Waals surface area contributed by atoms with Gasteiger partial charge in [-0.15, -0.1) is 45.3 Å². The van der Waals surface area contributed by atoms with E-state index in [9.17, 15) is 0 Å². The van der Waals surface area contributed by atoms with Crippen LogP contribution in [0.25, 0.3) is 29.3 Å². The van der Waals surface area contributed by atoms with Crippen molar-refractivity contribution in [2.75, 3.05) is 0 Å². The molecular weight excluding hydrogens is 344 g/mol. The first kappa shape index (κ1) is 14.4. The molecule has 0 fully saturated rings. The van der Waals surface area contributed by atoms with Gasteiger partial charge in [-0.25, -0.2) is 0 Å². The summed E-state index contributed by atoms with van der Waals surface area (Å²) in [4.78, 5) is 11.0. The van der Waals surface area contributed by atoms with E-state index in [4.69, 9.17) is 0 Å². The molecule has 0 unspecified atom stereocenters. The molecule has 0 radical (unpaired) electrons. The highest BCUT2D eigenvalue weighted by Gasteiger charge is 2.10. The lowest BCUT2D eigenvalue weighted by atomic mass is 10.3. The summed E-state index contributed by atoms with van der Waals surface area (Å²) >= 11 is 7.52. The summed E-state index contributed by atoms with van der Waals surface area (Å²) in [6.07, 6.45) is 0. The molecule has 0 atom stereocenters. The minimum absolute atomic E-state index is 1.37. The summed E-state index contributed by atoms with van der Waals surface area (Å²) in [7, 11) is 0. The fraction of sp³-hybridized carbons (Fsp3) is 0.111. The SMILES string of the molecule is Cc1ccc(-c2ccc(-c3ccc(-c4ccc(C)s4)s3)s2)s1. The molecule has 110 valence electrons. The van der Waals surface area contributed by atoms with Crippen LogP contribution in [0.5, 0.6) is 0 Å². The number of hydrogen-bond donors (Lipinski definition) is 0. The molecule has 0 aliphatic rings. The first-order valence-electron chi connectivity index (χ1n) is 7.03. The van der Waals surface area contributed by atoms with E-state index < -0.39 is 0 Å². The van der Waals surface area contributed by atoms with E-state index in [0.29, 0.717) is 0 Å². The van der Waals surface area contributed by atoms with Gasteiger partial charge in [0.15, 0.2) is 0 Å². The largest absolute Gasteiger partial charge is 0.140 e. The summed E-state index contributed by atoms with van der Waals surface area (Å²) in [6, 6.07) is 17.9. The molecule has 22 heavy (non-hydrogen) atoms. The summed E-state index contributed by atoms with van der Waals surface area (Å²) in [6.45, 7) is 4.33. The van der Waals surface area contributed by atoms with Crippen LogP contribution in [-0.2, 0) is 0 Å². The van der Waals surface area contributed by atoms with Crippen LogP contribution in [0.4, 0.5) is 0 Å². The van der Waals surface area contributed by atoms with Crippen molar-refractivity contribution < 1.29 is 0 Å². The van der Waals surface area contributed by atoms with Gasteiger partial charge in [-0.3, -0.25) is 0 Å². The smallest absolute Gasteiger partial charge is 0.0449 e. The van der Waals surface area contributed by atoms with Crippen molar-refractivity contribution in [3.8, 4) is 29.3 Å². The second kappa shape index (κ2) is 5.78. The molecule has 4 rings (SSSR count). The van der Waals surface area contributed by atoms with E-state index in [-0.39, 0.29) is 0 Å².